The molecule has 1 amide bonds. The van der Waals surface area contributed by atoms with E-state index < -0.39 is 0 Å². The molecule has 1 aliphatic carbocycles. The molecule has 1 aromatic heterocycles. The number of aliphatic hydroxyl groups is 1. The second kappa shape index (κ2) is 5.18. The number of carbonyl (C=O) groups is 1. The Balaban J connectivity index is 1.74. The summed E-state index contributed by atoms with van der Waals surface area (Å²) in [6.07, 6.45) is 5.72. The Bertz CT molecular complexity index is 391. The fourth-order valence-electron chi connectivity index (χ4n) is 2.17. The molecule has 1 fully saturated rings. The highest BCUT2D eigenvalue weighted by atomic mass is 16.3. The average Bonchev–Trinajstić information content (AvgIpc) is 2.85. The van der Waals surface area contributed by atoms with Gasteiger partial charge in [-0.15, -0.1) is 0 Å². The van der Waals surface area contributed by atoms with Crippen molar-refractivity contribution in [2.45, 2.75) is 31.9 Å². The summed E-state index contributed by atoms with van der Waals surface area (Å²) in [5.74, 6) is 0.0915. The van der Waals surface area contributed by atoms with Crippen LogP contribution in [0.2, 0.25) is 0 Å². The maximum Gasteiger partial charge on any atom is 0.241 e. The van der Waals surface area contributed by atoms with Gasteiger partial charge in [0.1, 0.15) is 6.54 Å². The summed E-state index contributed by atoms with van der Waals surface area (Å²) in [7, 11) is 0. The van der Waals surface area contributed by atoms with Gasteiger partial charge in [-0.25, -0.2) is 0 Å². The van der Waals surface area contributed by atoms with Crippen LogP contribution in [0.1, 0.15) is 19.3 Å². The predicted molar refractivity (Wildman–Crippen MR) is 63.0 cm³/mol. The molecule has 6 heteroatoms. The molecule has 0 saturated heterocycles. The van der Waals surface area contributed by atoms with Gasteiger partial charge in [-0.1, -0.05) is 6.42 Å². The van der Waals surface area contributed by atoms with E-state index in [4.69, 9.17) is 5.73 Å². The topological polar surface area (TPSA) is 93.2 Å². The molecule has 4 N–H and O–H groups in total. The van der Waals surface area contributed by atoms with E-state index in [0.717, 1.165) is 19.3 Å². The summed E-state index contributed by atoms with van der Waals surface area (Å²) in [6, 6.07) is 0. The van der Waals surface area contributed by atoms with E-state index in [9.17, 15) is 9.90 Å². The van der Waals surface area contributed by atoms with Crippen LogP contribution in [0.15, 0.2) is 12.4 Å². The number of amides is 1. The maximum atomic E-state index is 11.6. The van der Waals surface area contributed by atoms with Gasteiger partial charge in [0.25, 0.3) is 0 Å². The molecule has 0 bridgehead atoms. The third-order valence-corrected chi connectivity index (χ3v) is 3.14. The second-order valence-corrected chi connectivity index (χ2v) is 4.53. The van der Waals surface area contributed by atoms with Crippen molar-refractivity contribution in [3.8, 4) is 0 Å². The highest BCUT2D eigenvalue weighted by molar-refractivity contribution is 5.75. The van der Waals surface area contributed by atoms with Gasteiger partial charge in [-0.2, -0.15) is 5.10 Å². The lowest BCUT2D eigenvalue weighted by Gasteiger charge is -2.14. The first-order valence-corrected chi connectivity index (χ1v) is 5.88. The normalized spacial score (nSPS) is 23.8. The summed E-state index contributed by atoms with van der Waals surface area (Å²) >= 11 is 0. The lowest BCUT2D eigenvalue weighted by molar-refractivity contribution is -0.122. The molecule has 1 aromatic rings. The largest absolute Gasteiger partial charge is 0.396 e. The molecule has 1 aliphatic rings. The Labute approximate surface area is 99.8 Å². The summed E-state index contributed by atoms with van der Waals surface area (Å²) in [4.78, 5) is 11.6. The first-order valence-electron chi connectivity index (χ1n) is 5.88. The van der Waals surface area contributed by atoms with Crippen LogP contribution in [0.3, 0.4) is 0 Å². The Hall–Kier alpha value is -1.56. The van der Waals surface area contributed by atoms with Crippen molar-refractivity contribution in [3.05, 3.63) is 12.4 Å². The van der Waals surface area contributed by atoms with Crippen LogP contribution in [0, 0.1) is 5.92 Å². The predicted octanol–water partition coefficient (Wildman–Crippen LogP) is -0.258. The van der Waals surface area contributed by atoms with Crippen molar-refractivity contribution >= 4 is 11.6 Å². The second-order valence-electron chi connectivity index (χ2n) is 4.53. The number of hydrogen-bond acceptors (Lipinski definition) is 4. The standard InChI is InChI=1S/C11H18N4O2/c12-9-5-14-15(6-9)7-11(17)13-4-8-2-1-3-10(8)16/h5-6,8,10,16H,1-4,7,12H2,(H,13,17). The number of rotatable bonds is 4. The number of nitrogens with one attached hydrogen (secondary N) is 1. The minimum absolute atomic E-state index is 0.104. The number of carbonyl (C=O) groups excluding carboxylic acids is 1. The molecule has 1 saturated carbocycles. The molecule has 0 aliphatic heterocycles. The monoisotopic (exact) mass is 238 g/mol. The number of nitrogens with two attached hydrogens (primary N) is 1. The molecule has 0 spiro atoms. The van der Waals surface area contributed by atoms with Crippen molar-refractivity contribution in [2.75, 3.05) is 12.3 Å². The lowest BCUT2D eigenvalue weighted by atomic mass is 10.1. The molecule has 1 heterocycles. The van der Waals surface area contributed by atoms with E-state index in [0.29, 0.717) is 12.2 Å². The minimum atomic E-state index is -0.268. The molecule has 6 nitrogen and oxygen atoms in total. The molecule has 2 atom stereocenters. The van der Waals surface area contributed by atoms with Crippen LogP contribution < -0.4 is 11.1 Å². The van der Waals surface area contributed by atoms with Crippen LogP contribution in [0.25, 0.3) is 0 Å². The molecular weight excluding hydrogens is 220 g/mol. The number of nitrogens with zero attached hydrogens (tertiary/aromatic N) is 2. The van der Waals surface area contributed by atoms with Gasteiger partial charge in [0, 0.05) is 18.7 Å². The van der Waals surface area contributed by atoms with Crippen molar-refractivity contribution in [3.63, 3.8) is 0 Å². The molecule has 0 aromatic carbocycles. The zero-order chi connectivity index (χ0) is 12.3. The maximum absolute atomic E-state index is 11.6. The number of aliphatic hydroxyl groups excluding tert-OH is 1. The van der Waals surface area contributed by atoms with E-state index in [-0.39, 0.29) is 24.5 Å². The van der Waals surface area contributed by atoms with Gasteiger partial charge in [0.2, 0.25) is 5.91 Å². The fourth-order valence-corrected chi connectivity index (χ4v) is 2.17. The molecule has 0 radical (unpaired) electrons. The SMILES string of the molecule is Nc1cnn(CC(=O)NCC2CCCC2O)c1. The molecular formula is C11H18N4O2. The number of aromatic nitrogens is 2. The van der Waals surface area contributed by atoms with E-state index in [1.807, 2.05) is 0 Å². The van der Waals surface area contributed by atoms with Gasteiger partial charge in [0.05, 0.1) is 18.0 Å². The van der Waals surface area contributed by atoms with Crippen molar-refractivity contribution in [2.24, 2.45) is 5.92 Å². The van der Waals surface area contributed by atoms with Crippen molar-refractivity contribution in [1.29, 1.82) is 0 Å². The van der Waals surface area contributed by atoms with Crippen molar-refractivity contribution < 1.29 is 9.90 Å². The minimum Gasteiger partial charge on any atom is -0.396 e. The quantitative estimate of drug-likeness (QED) is 0.674. The lowest BCUT2D eigenvalue weighted by Crippen LogP contribution is -2.34. The van der Waals surface area contributed by atoms with Gasteiger partial charge in [-0.3, -0.25) is 9.48 Å². The number of nitrogen functional groups attached to an aromatic ring is 1. The van der Waals surface area contributed by atoms with Gasteiger partial charge >= 0.3 is 0 Å². The molecule has 17 heavy (non-hydrogen) atoms. The summed E-state index contributed by atoms with van der Waals surface area (Å²) in [5.41, 5.74) is 6.04. The number of anilines is 1. The highest BCUT2D eigenvalue weighted by Gasteiger charge is 2.25. The zero-order valence-electron chi connectivity index (χ0n) is 9.67. The smallest absolute Gasteiger partial charge is 0.241 e. The Kier molecular flexibility index (Phi) is 3.63. The molecule has 2 rings (SSSR count). The Morgan fingerprint density at radius 3 is 3.06 bits per heavy atom. The third kappa shape index (κ3) is 3.20. The van der Waals surface area contributed by atoms with Gasteiger partial charge < -0.3 is 16.2 Å². The first kappa shape index (κ1) is 11.9. The van der Waals surface area contributed by atoms with Gasteiger partial charge in [-0.05, 0) is 12.8 Å². The number of hydrogen-bond donors (Lipinski definition) is 3. The Morgan fingerprint density at radius 2 is 2.47 bits per heavy atom. The van der Waals surface area contributed by atoms with Crippen molar-refractivity contribution in [1.82, 2.24) is 15.1 Å². The van der Waals surface area contributed by atoms with Crippen LogP contribution in [-0.2, 0) is 11.3 Å². The average molecular weight is 238 g/mol. The van der Waals surface area contributed by atoms with E-state index in [2.05, 4.69) is 10.4 Å². The van der Waals surface area contributed by atoms with Crippen LogP contribution in [-0.4, -0.2) is 33.4 Å². The van der Waals surface area contributed by atoms with Crippen LogP contribution in [0.5, 0.6) is 0 Å². The Morgan fingerprint density at radius 1 is 1.65 bits per heavy atom. The zero-order valence-corrected chi connectivity index (χ0v) is 9.67. The third-order valence-electron chi connectivity index (χ3n) is 3.14. The fraction of sp³-hybridized carbons (Fsp3) is 0.636. The van der Waals surface area contributed by atoms with Crippen LogP contribution in [0.4, 0.5) is 5.69 Å². The van der Waals surface area contributed by atoms with E-state index >= 15 is 0 Å². The van der Waals surface area contributed by atoms with E-state index in [1.165, 1.54) is 10.9 Å². The summed E-state index contributed by atoms with van der Waals surface area (Å²) in [6.45, 7) is 0.705. The summed E-state index contributed by atoms with van der Waals surface area (Å²) in [5, 5.41) is 16.4. The summed E-state index contributed by atoms with van der Waals surface area (Å²) < 4.78 is 1.50. The first-order chi connectivity index (χ1) is 8.15. The molecule has 2 unspecified atom stereocenters. The van der Waals surface area contributed by atoms with E-state index in [1.54, 1.807) is 6.20 Å². The highest BCUT2D eigenvalue weighted by Crippen LogP contribution is 2.24. The molecule has 94 valence electrons. The van der Waals surface area contributed by atoms with Crippen LogP contribution >= 0.6 is 0 Å². The van der Waals surface area contributed by atoms with Gasteiger partial charge in [0.15, 0.2) is 0 Å².